The minimum absolute atomic E-state index is 0.0370. The van der Waals surface area contributed by atoms with Gasteiger partial charge in [-0.25, -0.2) is 5.43 Å². The van der Waals surface area contributed by atoms with E-state index in [1.54, 1.807) is 23.2 Å². The van der Waals surface area contributed by atoms with Gasteiger partial charge in [-0.05, 0) is 37.8 Å². The molecule has 4 rings (SSSR count). The first-order chi connectivity index (χ1) is 13.4. The van der Waals surface area contributed by atoms with E-state index in [0.717, 1.165) is 25.7 Å². The van der Waals surface area contributed by atoms with Gasteiger partial charge in [0.15, 0.2) is 5.84 Å². The van der Waals surface area contributed by atoms with Crippen molar-refractivity contribution in [1.29, 1.82) is 0 Å². The first-order valence-corrected chi connectivity index (χ1v) is 10.7. The van der Waals surface area contributed by atoms with Crippen LogP contribution < -0.4 is 20.6 Å². The Morgan fingerprint density at radius 2 is 2.21 bits per heavy atom. The van der Waals surface area contributed by atoms with Crippen molar-refractivity contribution in [3.05, 3.63) is 23.8 Å². The summed E-state index contributed by atoms with van der Waals surface area (Å²) in [6, 6.07) is 4.92. The number of benzene rings is 1. The molecule has 0 spiro atoms. The summed E-state index contributed by atoms with van der Waals surface area (Å²) in [5.41, 5.74) is 9.79. The van der Waals surface area contributed by atoms with Crippen molar-refractivity contribution >= 4 is 27.6 Å². The second-order valence-electron chi connectivity index (χ2n) is 7.00. The van der Waals surface area contributed by atoms with E-state index in [1.165, 1.54) is 0 Å². The number of rotatable bonds is 4. The zero-order chi connectivity index (χ0) is 19.7. The molecule has 28 heavy (non-hydrogen) atoms. The lowest BCUT2D eigenvalue weighted by Crippen LogP contribution is -2.56. The molecule has 1 aromatic rings. The SMILES string of the molecule is NC1=NS(=O)(=O)Nc2cccc(OC[C@H]3CCCN(C(=O)C4CCCO4)N3)c21. The van der Waals surface area contributed by atoms with Crippen LogP contribution in [0.1, 0.15) is 31.2 Å². The number of hydrogen-bond donors (Lipinski definition) is 3. The zero-order valence-electron chi connectivity index (χ0n) is 15.3. The van der Waals surface area contributed by atoms with Gasteiger partial charge in [0.05, 0.1) is 17.3 Å². The predicted octanol–water partition coefficient (Wildman–Crippen LogP) is 0.116. The maximum absolute atomic E-state index is 12.5. The molecule has 11 heteroatoms. The van der Waals surface area contributed by atoms with E-state index in [1.807, 2.05) is 0 Å². The van der Waals surface area contributed by atoms with Crippen LogP contribution in [-0.4, -0.2) is 57.1 Å². The Hall–Kier alpha value is -2.37. The van der Waals surface area contributed by atoms with Crippen LogP contribution in [0.3, 0.4) is 0 Å². The summed E-state index contributed by atoms with van der Waals surface area (Å²) in [7, 11) is -3.83. The molecule has 2 fully saturated rings. The van der Waals surface area contributed by atoms with Crippen molar-refractivity contribution in [2.75, 3.05) is 24.5 Å². The van der Waals surface area contributed by atoms with Crippen LogP contribution in [0.5, 0.6) is 5.75 Å². The maximum atomic E-state index is 12.5. The molecule has 3 heterocycles. The van der Waals surface area contributed by atoms with Gasteiger partial charge in [0, 0.05) is 13.2 Å². The lowest BCUT2D eigenvalue weighted by molar-refractivity contribution is -0.147. The smallest absolute Gasteiger partial charge is 0.344 e. The van der Waals surface area contributed by atoms with E-state index in [9.17, 15) is 13.2 Å². The Morgan fingerprint density at radius 1 is 1.36 bits per heavy atom. The number of nitrogens with two attached hydrogens (primary N) is 1. The fourth-order valence-corrected chi connectivity index (χ4v) is 4.46. The molecule has 1 unspecified atom stereocenters. The van der Waals surface area contributed by atoms with Crippen molar-refractivity contribution in [3.8, 4) is 5.75 Å². The Morgan fingerprint density at radius 3 is 3.00 bits per heavy atom. The second-order valence-corrected chi connectivity index (χ2v) is 8.34. The average Bonchev–Trinajstić information content (AvgIpc) is 3.19. The molecule has 10 nitrogen and oxygen atoms in total. The normalized spacial score (nSPS) is 26.1. The van der Waals surface area contributed by atoms with E-state index in [4.69, 9.17) is 15.2 Å². The first-order valence-electron chi connectivity index (χ1n) is 9.26. The van der Waals surface area contributed by atoms with Crippen LogP contribution in [0.4, 0.5) is 5.69 Å². The number of ether oxygens (including phenoxy) is 2. The molecule has 3 aliphatic heterocycles. The topological polar surface area (TPSA) is 135 Å². The summed E-state index contributed by atoms with van der Waals surface area (Å²) >= 11 is 0. The molecule has 0 aliphatic carbocycles. The summed E-state index contributed by atoms with van der Waals surface area (Å²) in [6.07, 6.45) is 3.00. The Labute approximate surface area is 163 Å². The van der Waals surface area contributed by atoms with Crippen molar-refractivity contribution in [2.24, 2.45) is 10.1 Å². The molecule has 2 atom stereocenters. The lowest BCUT2D eigenvalue weighted by atomic mass is 10.1. The molecule has 2 saturated heterocycles. The number of anilines is 1. The van der Waals surface area contributed by atoms with Gasteiger partial charge < -0.3 is 15.2 Å². The number of nitrogens with one attached hydrogen (secondary N) is 2. The third-order valence-electron chi connectivity index (χ3n) is 4.92. The molecule has 0 bridgehead atoms. The molecule has 0 radical (unpaired) electrons. The number of nitrogens with zero attached hydrogens (tertiary/aromatic N) is 2. The molecular weight excluding hydrogens is 386 g/mol. The maximum Gasteiger partial charge on any atom is 0.344 e. The number of carbonyl (C=O) groups is 1. The van der Waals surface area contributed by atoms with E-state index >= 15 is 0 Å². The van der Waals surface area contributed by atoms with Gasteiger partial charge in [-0.15, -0.1) is 4.40 Å². The van der Waals surface area contributed by atoms with Gasteiger partial charge >= 0.3 is 10.2 Å². The van der Waals surface area contributed by atoms with E-state index in [0.29, 0.717) is 36.8 Å². The monoisotopic (exact) mass is 409 g/mol. The van der Waals surface area contributed by atoms with Gasteiger partial charge in [-0.3, -0.25) is 14.5 Å². The first kappa shape index (κ1) is 19.0. The number of amidine groups is 1. The third kappa shape index (κ3) is 3.91. The fraction of sp³-hybridized carbons (Fsp3) is 0.529. The molecule has 4 N–H and O–H groups in total. The van der Waals surface area contributed by atoms with Crippen LogP contribution in [0.2, 0.25) is 0 Å². The van der Waals surface area contributed by atoms with Crippen molar-refractivity contribution < 1.29 is 22.7 Å². The summed E-state index contributed by atoms with van der Waals surface area (Å²) < 4.78 is 40.6. The highest BCUT2D eigenvalue weighted by Crippen LogP contribution is 2.30. The van der Waals surface area contributed by atoms with Crippen LogP contribution in [0.25, 0.3) is 0 Å². The highest BCUT2D eigenvalue weighted by atomic mass is 32.2. The molecule has 1 aromatic carbocycles. The Bertz CT molecular complexity index is 897. The van der Waals surface area contributed by atoms with Crippen LogP contribution in [0.15, 0.2) is 22.6 Å². The minimum Gasteiger partial charge on any atom is -0.491 e. The Kier molecular flexibility index (Phi) is 5.13. The highest BCUT2D eigenvalue weighted by molar-refractivity contribution is 7.91. The molecule has 0 saturated carbocycles. The summed E-state index contributed by atoms with van der Waals surface area (Å²) in [6.45, 7) is 1.56. The van der Waals surface area contributed by atoms with Gasteiger partial charge in [0.25, 0.3) is 5.91 Å². The highest BCUT2D eigenvalue weighted by Gasteiger charge is 2.32. The van der Waals surface area contributed by atoms with Gasteiger partial charge in [-0.1, -0.05) is 6.07 Å². The van der Waals surface area contributed by atoms with E-state index < -0.39 is 10.2 Å². The Balaban J connectivity index is 1.42. The third-order valence-corrected chi connectivity index (χ3v) is 5.84. The second kappa shape index (κ2) is 7.57. The zero-order valence-corrected chi connectivity index (χ0v) is 16.1. The average molecular weight is 409 g/mol. The number of amides is 1. The van der Waals surface area contributed by atoms with Crippen LogP contribution in [-0.2, 0) is 19.7 Å². The number of hydrogen-bond acceptors (Lipinski definition) is 7. The van der Waals surface area contributed by atoms with E-state index in [2.05, 4.69) is 14.5 Å². The van der Waals surface area contributed by atoms with Crippen molar-refractivity contribution in [1.82, 2.24) is 10.4 Å². The molecule has 1 amide bonds. The molecule has 152 valence electrons. The lowest BCUT2D eigenvalue weighted by Gasteiger charge is -2.35. The predicted molar refractivity (Wildman–Crippen MR) is 102 cm³/mol. The van der Waals surface area contributed by atoms with Gasteiger partial charge in [0.1, 0.15) is 18.5 Å². The summed E-state index contributed by atoms with van der Waals surface area (Å²) in [5, 5.41) is 1.62. The molecular formula is C17H23N5O5S. The van der Waals surface area contributed by atoms with E-state index in [-0.39, 0.29) is 23.9 Å². The molecule has 0 aromatic heterocycles. The van der Waals surface area contributed by atoms with Crippen molar-refractivity contribution in [3.63, 3.8) is 0 Å². The van der Waals surface area contributed by atoms with Crippen LogP contribution >= 0.6 is 0 Å². The van der Waals surface area contributed by atoms with Gasteiger partial charge in [-0.2, -0.15) is 8.42 Å². The van der Waals surface area contributed by atoms with Gasteiger partial charge in [0.2, 0.25) is 0 Å². The summed E-state index contributed by atoms with van der Waals surface area (Å²) in [4.78, 5) is 12.5. The number of hydrazine groups is 1. The largest absolute Gasteiger partial charge is 0.491 e. The standard InChI is InChI=1S/C17H23N5O5S/c18-16-15-12(20-28(24,25)21-16)5-1-6-13(15)27-10-11-4-2-8-22(19-11)17(23)14-7-3-9-26-14/h1,5-6,11,14,19-20H,2-4,7-10H2,(H2,18,21)/t11-,14?/m1/s1. The molecule has 3 aliphatic rings. The minimum atomic E-state index is -3.83. The summed E-state index contributed by atoms with van der Waals surface area (Å²) in [5.74, 6) is 0.284. The number of carbonyl (C=O) groups excluding carboxylic acids is 1. The van der Waals surface area contributed by atoms with Crippen molar-refractivity contribution in [2.45, 2.75) is 37.8 Å². The van der Waals surface area contributed by atoms with Crippen LogP contribution in [0, 0.1) is 0 Å². The number of fused-ring (bicyclic) bond motifs is 1. The fourth-order valence-electron chi connectivity index (χ4n) is 3.61. The quantitative estimate of drug-likeness (QED) is 0.642.